The van der Waals surface area contributed by atoms with Gasteiger partial charge in [0.25, 0.3) is 0 Å². The summed E-state index contributed by atoms with van der Waals surface area (Å²) in [6, 6.07) is 0. The van der Waals surface area contributed by atoms with Crippen LogP contribution in [0.3, 0.4) is 0 Å². The fourth-order valence-electron chi connectivity index (χ4n) is 2.88. The summed E-state index contributed by atoms with van der Waals surface area (Å²) in [5, 5.41) is 4.08. The van der Waals surface area contributed by atoms with Crippen molar-refractivity contribution in [2.45, 2.75) is 31.6 Å². The molecule has 3 rings (SSSR count). The minimum absolute atomic E-state index is 0.313. The first kappa shape index (κ1) is 12.3. The third-order valence-corrected chi connectivity index (χ3v) is 4.02. The van der Waals surface area contributed by atoms with Gasteiger partial charge in [-0.2, -0.15) is 4.98 Å². The van der Waals surface area contributed by atoms with Crippen LogP contribution in [0.2, 0.25) is 0 Å². The summed E-state index contributed by atoms with van der Waals surface area (Å²) in [6.45, 7) is 0.689. The van der Waals surface area contributed by atoms with Crippen LogP contribution >= 0.6 is 0 Å². The van der Waals surface area contributed by atoms with E-state index >= 15 is 0 Å². The van der Waals surface area contributed by atoms with Gasteiger partial charge in [0.15, 0.2) is 0 Å². The number of imidazole rings is 1. The third kappa shape index (κ3) is 2.28. The molecule has 1 aliphatic rings. The molecule has 102 valence electrons. The standard InChI is InChI=1S/C13H19N5O/c1-18-8-15-7-11(18)12-16-13(19-17-12)10-5-3-2-4-9(10)6-14/h7-10H,2-6,14H2,1H3. The monoisotopic (exact) mass is 261 g/mol. The zero-order valence-corrected chi connectivity index (χ0v) is 11.1. The summed E-state index contributed by atoms with van der Waals surface area (Å²) in [5.74, 6) is 2.12. The Morgan fingerprint density at radius 1 is 1.42 bits per heavy atom. The molecule has 2 aromatic heterocycles. The van der Waals surface area contributed by atoms with E-state index < -0.39 is 0 Å². The number of nitrogens with two attached hydrogens (primary N) is 1. The summed E-state index contributed by atoms with van der Waals surface area (Å²) in [5.41, 5.74) is 6.72. The largest absolute Gasteiger partial charge is 0.339 e. The van der Waals surface area contributed by atoms with Gasteiger partial charge in [-0.05, 0) is 25.3 Å². The Bertz CT molecular complexity index is 547. The van der Waals surface area contributed by atoms with E-state index in [0.29, 0.717) is 24.2 Å². The lowest BCUT2D eigenvalue weighted by Gasteiger charge is -2.27. The van der Waals surface area contributed by atoms with E-state index in [0.717, 1.165) is 24.4 Å². The van der Waals surface area contributed by atoms with Gasteiger partial charge < -0.3 is 14.8 Å². The fourth-order valence-corrected chi connectivity index (χ4v) is 2.88. The van der Waals surface area contributed by atoms with Crippen molar-refractivity contribution in [2.75, 3.05) is 6.54 Å². The number of aryl methyl sites for hydroxylation is 1. The Hall–Kier alpha value is -1.69. The van der Waals surface area contributed by atoms with Crippen molar-refractivity contribution in [2.24, 2.45) is 18.7 Å². The van der Waals surface area contributed by atoms with Crippen molar-refractivity contribution in [3.63, 3.8) is 0 Å². The number of nitrogens with zero attached hydrogens (tertiary/aromatic N) is 4. The van der Waals surface area contributed by atoms with Gasteiger partial charge >= 0.3 is 0 Å². The highest BCUT2D eigenvalue weighted by Gasteiger charge is 2.30. The van der Waals surface area contributed by atoms with E-state index in [1.165, 1.54) is 12.8 Å². The van der Waals surface area contributed by atoms with Gasteiger partial charge in [-0.25, -0.2) is 4.98 Å². The molecule has 2 aromatic rings. The smallest absolute Gasteiger partial charge is 0.230 e. The predicted octanol–water partition coefficient (Wildman–Crippen LogP) is 1.70. The lowest BCUT2D eigenvalue weighted by molar-refractivity contribution is 0.249. The fraction of sp³-hybridized carbons (Fsp3) is 0.615. The summed E-state index contributed by atoms with van der Waals surface area (Å²) in [4.78, 5) is 8.61. The average molecular weight is 261 g/mol. The van der Waals surface area contributed by atoms with Crippen molar-refractivity contribution in [1.82, 2.24) is 19.7 Å². The van der Waals surface area contributed by atoms with E-state index in [4.69, 9.17) is 10.3 Å². The van der Waals surface area contributed by atoms with Crippen LogP contribution in [0.25, 0.3) is 11.5 Å². The average Bonchev–Trinajstić information content (AvgIpc) is 3.07. The van der Waals surface area contributed by atoms with Gasteiger partial charge in [-0.15, -0.1) is 0 Å². The molecule has 2 unspecified atom stereocenters. The van der Waals surface area contributed by atoms with Crippen LogP contribution in [0.1, 0.15) is 37.5 Å². The first-order valence-electron chi connectivity index (χ1n) is 6.80. The van der Waals surface area contributed by atoms with Gasteiger partial charge in [-0.3, -0.25) is 0 Å². The van der Waals surface area contributed by atoms with Crippen molar-refractivity contribution in [1.29, 1.82) is 0 Å². The molecule has 19 heavy (non-hydrogen) atoms. The van der Waals surface area contributed by atoms with E-state index in [-0.39, 0.29) is 0 Å². The third-order valence-electron chi connectivity index (χ3n) is 4.02. The SMILES string of the molecule is Cn1cncc1-c1noc(C2CCCCC2CN)n1. The lowest BCUT2D eigenvalue weighted by Crippen LogP contribution is -2.25. The maximum atomic E-state index is 5.85. The lowest BCUT2D eigenvalue weighted by atomic mass is 9.79. The van der Waals surface area contributed by atoms with Crippen molar-refractivity contribution in [3.8, 4) is 11.5 Å². The zero-order valence-electron chi connectivity index (χ0n) is 11.1. The number of aromatic nitrogens is 4. The van der Waals surface area contributed by atoms with Crippen LogP contribution in [-0.4, -0.2) is 26.2 Å². The number of hydrogen-bond donors (Lipinski definition) is 1. The predicted molar refractivity (Wildman–Crippen MR) is 70.3 cm³/mol. The summed E-state index contributed by atoms with van der Waals surface area (Å²) in [7, 11) is 1.92. The Kier molecular flexibility index (Phi) is 3.33. The molecule has 1 fully saturated rings. The Labute approximate surface area is 112 Å². The molecule has 6 nitrogen and oxygen atoms in total. The molecule has 0 aliphatic heterocycles. The summed E-state index contributed by atoms with van der Waals surface area (Å²) >= 11 is 0. The van der Waals surface area contributed by atoms with Crippen LogP contribution in [0.4, 0.5) is 0 Å². The van der Waals surface area contributed by atoms with Gasteiger partial charge in [-0.1, -0.05) is 18.0 Å². The van der Waals surface area contributed by atoms with Crippen molar-refractivity contribution >= 4 is 0 Å². The molecule has 2 heterocycles. The molecular formula is C13H19N5O. The summed E-state index contributed by atoms with van der Waals surface area (Å²) in [6.07, 6.45) is 8.19. The Morgan fingerprint density at radius 3 is 3.00 bits per heavy atom. The van der Waals surface area contributed by atoms with Gasteiger partial charge in [0.2, 0.25) is 11.7 Å². The Balaban J connectivity index is 1.86. The minimum atomic E-state index is 0.313. The summed E-state index contributed by atoms with van der Waals surface area (Å²) < 4.78 is 7.34. The molecule has 0 amide bonds. The molecule has 0 aromatic carbocycles. The topological polar surface area (TPSA) is 82.8 Å². The molecule has 0 radical (unpaired) electrons. The Morgan fingerprint density at radius 2 is 2.26 bits per heavy atom. The molecular weight excluding hydrogens is 242 g/mol. The second kappa shape index (κ2) is 5.13. The maximum absolute atomic E-state index is 5.85. The zero-order chi connectivity index (χ0) is 13.2. The normalized spacial score (nSPS) is 23.7. The van der Waals surface area contributed by atoms with Gasteiger partial charge in [0.05, 0.1) is 12.5 Å². The van der Waals surface area contributed by atoms with Crippen molar-refractivity contribution < 1.29 is 4.52 Å². The molecule has 1 saturated carbocycles. The number of hydrogen-bond acceptors (Lipinski definition) is 5. The van der Waals surface area contributed by atoms with Crippen LogP contribution in [0.5, 0.6) is 0 Å². The second-order valence-electron chi connectivity index (χ2n) is 5.23. The van der Waals surface area contributed by atoms with E-state index in [2.05, 4.69) is 15.1 Å². The van der Waals surface area contributed by atoms with Gasteiger partial charge in [0, 0.05) is 13.0 Å². The second-order valence-corrected chi connectivity index (χ2v) is 5.23. The molecule has 6 heteroatoms. The highest BCUT2D eigenvalue weighted by Crippen LogP contribution is 2.36. The van der Waals surface area contributed by atoms with Crippen LogP contribution in [-0.2, 0) is 7.05 Å². The van der Waals surface area contributed by atoms with Crippen LogP contribution < -0.4 is 5.73 Å². The molecule has 2 atom stereocenters. The minimum Gasteiger partial charge on any atom is -0.339 e. The van der Waals surface area contributed by atoms with E-state index in [1.807, 2.05) is 11.6 Å². The van der Waals surface area contributed by atoms with Crippen molar-refractivity contribution in [3.05, 3.63) is 18.4 Å². The highest BCUT2D eigenvalue weighted by atomic mass is 16.5. The quantitative estimate of drug-likeness (QED) is 0.909. The first-order chi connectivity index (χ1) is 9.29. The molecule has 1 aliphatic carbocycles. The molecule has 0 spiro atoms. The molecule has 2 N–H and O–H groups in total. The van der Waals surface area contributed by atoms with Crippen LogP contribution in [0.15, 0.2) is 17.0 Å². The van der Waals surface area contributed by atoms with E-state index in [9.17, 15) is 0 Å². The molecule has 0 saturated heterocycles. The molecule has 0 bridgehead atoms. The van der Waals surface area contributed by atoms with Gasteiger partial charge in [0.1, 0.15) is 5.69 Å². The van der Waals surface area contributed by atoms with Crippen LogP contribution in [0, 0.1) is 5.92 Å². The van der Waals surface area contributed by atoms with E-state index in [1.54, 1.807) is 12.5 Å². The maximum Gasteiger partial charge on any atom is 0.230 e. The first-order valence-corrected chi connectivity index (χ1v) is 6.80. The highest BCUT2D eigenvalue weighted by molar-refractivity contribution is 5.47. The number of rotatable bonds is 3.